The van der Waals surface area contributed by atoms with E-state index in [4.69, 9.17) is 5.11 Å². The lowest BCUT2D eigenvalue weighted by molar-refractivity contribution is 0.284. The fraction of sp³-hybridized carbons (Fsp3) is 1.00. The summed E-state index contributed by atoms with van der Waals surface area (Å²) in [5.74, 6) is 1.14. The normalized spacial score (nSPS) is 13.5. The summed E-state index contributed by atoms with van der Waals surface area (Å²) in [4.78, 5) is 0. The summed E-state index contributed by atoms with van der Waals surface area (Å²) < 4.78 is 0. The molecule has 0 aliphatic carbocycles. The first-order valence-corrected chi connectivity index (χ1v) is 5.03. The van der Waals surface area contributed by atoms with Crippen molar-refractivity contribution in [2.45, 2.75) is 19.4 Å². The molecule has 0 radical (unpaired) electrons. The van der Waals surface area contributed by atoms with Crippen molar-refractivity contribution in [1.82, 2.24) is 5.32 Å². The maximum atomic E-state index is 8.46. The van der Waals surface area contributed by atoms with Crippen LogP contribution in [0.2, 0.25) is 0 Å². The number of aliphatic hydroxyl groups excluding tert-OH is 1. The van der Waals surface area contributed by atoms with E-state index in [9.17, 15) is 0 Å². The molecule has 0 bridgehead atoms. The molecule has 0 saturated heterocycles. The van der Waals surface area contributed by atoms with Gasteiger partial charge in [-0.15, -0.1) is 0 Å². The number of thioether (sulfide) groups is 1. The molecule has 1 unspecified atom stereocenters. The number of hydrogen-bond donors (Lipinski definition) is 2. The topological polar surface area (TPSA) is 32.3 Å². The van der Waals surface area contributed by atoms with Crippen molar-refractivity contribution < 1.29 is 5.11 Å². The summed E-state index contributed by atoms with van der Waals surface area (Å²) in [6.45, 7) is 3.38. The summed E-state index contributed by atoms with van der Waals surface area (Å²) in [6.07, 6.45) is 2.96. The molecule has 10 heavy (non-hydrogen) atoms. The summed E-state index contributed by atoms with van der Waals surface area (Å²) in [5.41, 5.74) is 0. The van der Waals surface area contributed by atoms with Crippen molar-refractivity contribution >= 4 is 11.8 Å². The molecule has 3 heteroatoms. The second kappa shape index (κ2) is 7.38. The van der Waals surface area contributed by atoms with Crippen LogP contribution in [0.25, 0.3) is 0 Å². The average Bonchev–Trinajstić information content (AvgIpc) is 1.89. The molecule has 0 aromatic heterocycles. The van der Waals surface area contributed by atoms with Crippen LogP contribution in [0.15, 0.2) is 0 Å². The average molecular weight is 163 g/mol. The van der Waals surface area contributed by atoms with E-state index in [2.05, 4.69) is 18.5 Å². The standard InChI is InChI=1S/C7H17NOS/c1-7(6-10-2)8-4-3-5-9/h7-9H,3-6H2,1-2H3. The van der Waals surface area contributed by atoms with Crippen LogP contribution in [0, 0.1) is 0 Å². The van der Waals surface area contributed by atoms with Crippen molar-refractivity contribution in [3.63, 3.8) is 0 Å². The SMILES string of the molecule is CSCC(C)NCCCO. The first-order chi connectivity index (χ1) is 4.81. The largest absolute Gasteiger partial charge is 0.396 e. The molecule has 0 heterocycles. The maximum absolute atomic E-state index is 8.46. The van der Waals surface area contributed by atoms with E-state index in [1.165, 1.54) is 0 Å². The Bertz CT molecular complexity index is 70.6. The van der Waals surface area contributed by atoms with Gasteiger partial charge >= 0.3 is 0 Å². The highest BCUT2D eigenvalue weighted by molar-refractivity contribution is 7.98. The lowest BCUT2D eigenvalue weighted by Gasteiger charge is -2.10. The third kappa shape index (κ3) is 6.39. The van der Waals surface area contributed by atoms with Gasteiger partial charge in [0, 0.05) is 18.4 Å². The molecular weight excluding hydrogens is 146 g/mol. The Morgan fingerprint density at radius 2 is 2.30 bits per heavy atom. The van der Waals surface area contributed by atoms with Gasteiger partial charge in [0.05, 0.1) is 0 Å². The number of hydrogen-bond acceptors (Lipinski definition) is 3. The van der Waals surface area contributed by atoms with Crippen LogP contribution in [0.4, 0.5) is 0 Å². The second-order valence-electron chi connectivity index (χ2n) is 2.39. The zero-order valence-corrected chi connectivity index (χ0v) is 7.58. The highest BCUT2D eigenvalue weighted by atomic mass is 32.2. The van der Waals surface area contributed by atoms with Gasteiger partial charge in [-0.3, -0.25) is 0 Å². The minimum absolute atomic E-state index is 0.291. The van der Waals surface area contributed by atoms with Crippen LogP contribution in [0.1, 0.15) is 13.3 Å². The molecule has 2 nitrogen and oxygen atoms in total. The first-order valence-electron chi connectivity index (χ1n) is 3.64. The monoisotopic (exact) mass is 163 g/mol. The third-order valence-electron chi connectivity index (χ3n) is 1.24. The van der Waals surface area contributed by atoms with Crippen LogP contribution in [-0.2, 0) is 0 Å². The minimum Gasteiger partial charge on any atom is -0.396 e. The molecule has 0 spiro atoms. The van der Waals surface area contributed by atoms with E-state index >= 15 is 0 Å². The van der Waals surface area contributed by atoms with Gasteiger partial charge in [-0.05, 0) is 26.1 Å². The fourth-order valence-corrected chi connectivity index (χ4v) is 1.35. The molecule has 2 N–H and O–H groups in total. The molecular formula is C7H17NOS. The summed E-state index contributed by atoms with van der Waals surface area (Å²) in [5, 5.41) is 11.8. The quantitative estimate of drug-likeness (QED) is 0.566. The molecule has 0 amide bonds. The van der Waals surface area contributed by atoms with Gasteiger partial charge < -0.3 is 10.4 Å². The maximum Gasteiger partial charge on any atom is 0.0443 e. The van der Waals surface area contributed by atoms with E-state index < -0.39 is 0 Å². The zero-order chi connectivity index (χ0) is 7.82. The molecule has 0 aromatic carbocycles. The van der Waals surface area contributed by atoms with E-state index in [-0.39, 0.29) is 0 Å². The van der Waals surface area contributed by atoms with Crippen molar-refractivity contribution in [2.75, 3.05) is 25.2 Å². The predicted molar refractivity (Wildman–Crippen MR) is 47.5 cm³/mol. The van der Waals surface area contributed by atoms with Crippen LogP contribution < -0.4 is 5.32 Å². The van der Waals surface area contributed by atoms with Gasteiger partial charge in [0.1, 0.15) is 0 Å². The molecule has 0 saturated carbocycles. The second-order valence-corrected chi connectivity index (χ2v) is 3.30. The van der Waals surface area contributed by atoms with Gasteiger partial charge in [-0.2, -0.15) is 11.8 Å². The molecule has 0 aliphatic heterocycles. The summed E-state index contributed by atoms with van der Waals surface area (Å²) in [6, 6.07) is 0.571. The van der Waals surface area contributed by atoms with Crippen molar-refractivity contribution in [2.24, 2.45) is 0 Å². The summed E-state index contributed by atoms with van der Waals surface area (Å²) in [7, 11) is 0. The van der Waals surface area contributed by atoms with Crippen LogP contribution in [-0.4, -0.2) is 36.3 Å². The fourth-order valence-electron chi connectivity index (χ4n) is 0.736. The highest BCUT2D eigenvalue weighted by Crippen LogP contribution is 1.95. The Morgan fingerprint density at radius 1 is 1.60 bits per heavy atom. The predicted octanol–water partition coefficient (Wildman–Crippen LogP) is 0.710. The Balaban J connectivity index is 2.97. The Hall–Kier alpha value is 0.270. The van der Waals surface area contributed by atoms with Gasteiger partial charge in [-0.1, -0.05) is 0 Å². The Kier molecular flexibility index (Phi) is 7.58. The lowest BCUT2D eigenvalue weighted by atomic mass is 10.3. The number of nitrogens with one attached hydrogen (secondary N) is 1. The van der Waals surface area contributed by atoms with E-state index in [1.807, 2.05) is 11.8 Å². The summed E-state index contributed by atoms with van der Waals surface area (Å²) >= 11 is 1.84. The lowest BCUT2D eigenvalue weighted by Crippen LogP contribution is -2.29. The van der Waals surface area contributed by atoms with Crippen molar-refractivity contribution in [3.8, 4) is 0 Å². The minimum atomic E-state index is 0.291. The first kappa shape index (κ1) is 10.3. The van der Waals surface area contributed by atoms with Gasteiger partial charge in [0.25, 0.3) is 0 Å². The molecule has 0 aliphatic rings. The Labute approximate surface area is 67.4 Å². The molecule has 62 valence electrons. The highest BCUT2D eigenvalue weighted by Gasteiger charge is 1.96. The van der Waals surface area contributed by atoms with E-state index in [0.29, 0.717) is 12.6 Å². The third-order valence-corrected chi connectivity index (χ3v) is 2.08. The van der Waals surface area contributed by atoms with Crippen LogP contribution in [0.5, 0.6) is 0 Å². The molecule has 0 rings (SSSR count). The zero-order valence-electron chi connectivity index (χ0n) is 6.76. The van der Waals surface area contributed by atoms with E-state index in [1.54, 1.807) is 0 Å². The molecule has 0 fully saturated rings. The van der Waals surface area contributed by atoms with Crippen LogP contribution in [0.3, 0.4) is 0 Å². The number of aliphatic hydroxyl groups is 1. The Morgan fingerprint density at radius 3 is 2.80 bits per heavy atom. The van der Waals surface area contributed by atoms with Crippen molar-refractivity contribution in [1.29, 1.82) is 0 Å². The van der Waals surface area contributed by atoms with Gasteiger partial charge in [0.15, 0.2) is 0 Å². The van der Waals surface area contributed by atoms with Crippen molar-refractivity contribution in [3.05, 3.63) is 0 Å². The van der Waals surface area contributed by atoms with E-state index in [0.717, 1.165) is 18.7 Å². The van der Waals surface area contributed by atoms with Gasteiger partial charge in [0.2, 0.25) is 0 Å². The van der Waals surface area contributed by atoms with Gasteiger partial charge in [-0.25, -0.2) is 0 Å². The number of rotatable bonds is 6. The molecule has 0 aromatic rings. The smallest absolute Gasteiger partial charge is 0.0443 e. The molecule has 1 atom stereocenters. The van der Waals surface area contributed by atoms with Crippen LogP contribution >= 0.6 is 11.8 Å².